The van der Waals surface area contributed by atoms with Crippen molar-refractivity contribution in [1.82, 2.24) is 25.3 Å². The number of anilines is 3. The lowest BCUT2D eigenvalue weighted by atomic mass is 10.2. The van der Waals surface area contributed by atoms with Crippen LogP contribution in [0.4, 0.5) is 17.2 Å². The number of imidazole rings is 1. The van der Waals surface area contributed by atoms with Crippen molar-refractivity contribution in [2.45, 2.75) is 27.2 Å². The molecule has 0 spiro atoms. The van der Waals surface area contributed by atoms with Gasteiger partial charge in [0.15, 0.2) is 5.82 Å². The second-order valence-corrected chi connectivity index (χ2v) is 7.51. The van der Waals surface area contributed by atoms with Gasteiger partial charge in [0, 0.05) is 36.5 Å². The SMILES string of the molecule is Cc1[nH]c(C(=O)Nc2c[nH]c(C(=O)Nc3c[nH]c(C(=O)NCCC(N)=NO)c3C)c2C)nc1N. The average molecular weight is 470 g/mol. The molecule has 14 nitrogen and oxygen atoms in total. The van der Waals surface area contributed by atoms with Gasteiger partial charge >= 0.3 is 0 Å². The zero-order chi connectivity index (χ0) is 25.0. The molecular formula is C20H26N10O4. The van der Waals surface area contributed by atoms with Gasteiger partial charge in [-0.1, -0.05) is 5.16 Å². The number of hydrogen-bond acceptors (Lipinski definition) is 7. The van der Waals surface area contributed by atoms with Gasteiger partial charge < -0.3 is 47.6 Å². The highest BCUT2D eigenvalue weighted by Crippen LogP contribution is 2.23. The van der Waals surface area contributed by atoms with Crippen molar-refractivity contribution in [1.29, 1.82) is 0 Å². The summed E-state index contributed by atoms with van der Waals surface area (Å²) in [6.45, 7) is 5.22. The molecular weight excluding hydrogens is 444 g/mol. The van der Waals surface area contributed by atoms with Crippen LogP contribution in [0.5, 0.6) is 0 Å². The molecule has 0 radical (unpaired) electrons. The predicted molar refractivity (Wildman–Crippen MR) is 125 cm³/mol. The smallest absolute Gasteiger partial charge is 0.291 e. The van der Waals surface area contributed by atoms with Crippen molar-refractivity contribution in [3.8, 4) is 0 Å². The third kappa shape index (κ3) is 5.01. The summed E-state index contributed by atoms with van der Waals surface area (Å²) in [7, 11) is 0. The van der Waals surface area contributed by atoms with Crippen molar-refractivity contribution in [2.75, 3.05) is 22.9 Å². The Morgan fingerprint density at radius 3 is 2.09 bits per heavy atom. The van der Waals surface area contributed by atoms with Crippen LogP contribution in [0.2, 0.25) is 0 Å². The molecule has 3 aromatic heterocycles. The number of H-pyrrole nitrogens is 3. The third-order valence-corrected chi connectivity index (χ3v) is 5.16. The maximum atomic E-state index is 12.8. The van der Waals surface area contributed by atoms with Crippen LogP contribution in [0.15, 0.2) is 17.5 Å². The van der Waals surface area contributed by atoms with Gasteiger partial charge in [-0.25, -0.2) is 4.98 Å². The average Bonchev–Trinajstić information content (AvgIpc) is 3.45. The van der Waals surface area contributed by atoms with Gasteiger partial charge in [-0.05, 0) is 20.8 Å². The number of aryl methyl sites for hydroxylation is 1. The van der Waals surface area contributed by atoms with Crippen LogP contribution in [0, 0.1) is 20.8 Å². The molecule has 3 rings (SSSR count). The fraction of sp³-hybridized carbons (Fsp3) is 0.250. The van der Waals surface area contributed by atoms with Crippen molar-refractivity contribution < 1.29 is 19.6 Å². The van der Waals surface area contributed by atoms with E-state index in [1.807, 2.05) is 0 Å². The minimum absolute atomic E-state index is 0.00302. The quantitative estimate of drug-likeness (QED) is 0.0999. The van der Waals surface area contributed by atoms with Crippen LogP contribution in [0.1, 0.15) is 54.8 Å². The maximum Gasteiger partial charge on any atom is 0.291 e. The first-order valence-electron chi connectivity index (χ1n) is 10.2. The van der Waals surface area contributed by atoms with Gasteiger partial charge in [-0.15, -0.1) is 0 Å². The van der Waals surface area contributed by atoms with E-state index in [-0.39, 0.29) is 41.8 Å². The number of rotatable bonds is 8. The summed E-state index contributed by atoms with van der Waals surface area (Å²) < 4.78 is 0. The molecule has 0 fully saturated rings. The van der Waals surface area contributed by atoms with Gasteiger partial charge in [0.25, 0.3) is 17.7 Å². The fourth-order valence-corrected chi connectivity index (χ4v) is 3.11. The van der Waals surface area contributed by atoms with E-state index in [0.29, 0.717) is 28.2 Å². The number of amides is 3. The van der Waals surface area contributed by atoms with E-state index in [1.54, 1.807) is 20.8 Å². The second kappa shape index (κ2) is 9.81. The summed E-state index contributed by atoms with van der Waals surface area (Å²) in [6, 6.07) is 0. The van der Waals surface area contributed by atoms with Crippen LogP contribution in [-0.4, -0.2) is 55.2 Å². The molecule has 0 aliphatic rings. The van der Waals surface area contributed by atoms with Crippen LogP contribution in [0.3, 0.4) is 0 Å². The largest absolute Gasteiger partial charge is 0.409 e. The fourth-order valence-electron chi connectivity index (χ4n) is 3.11. The van der Waals surface area contributed by atoms with E-state index < -0.39 is 17.7 Å². The van der Waals surface area contributed by atoms with Gasteiger partial charge in [0.05, 0.1) is 17.1 Å². The topological polar surface area (TPSA) is 232 Å². The number of amidine groups is 1. The molecule has 0 aliphatic carbocycles. The summed E-state index contributed by atoms with van der Waals surface area (Å²) in [4.78, 5) is 50.0. The van der Waals surface area contributed by atoms with Gasteiger partial charge in [-0.2, -0.15) is 0 Å². The Balaban J connectivity index is 1.66. The Kier molecular flexibility index (Phi) is 6.89. The molecule has 0 saturated heterocycles. The Bertz CT molecular complexity index is 1250. The van der Waals surface area contributed by atoms with Crippen molar-refractivity contribution >= 4 is 40.7 Å². The molecule has 34 heavy (non-hydrogen) atoms. The van der Waals surface area contributed by atoms with E-state index in [1.165, 1.54) is 12.4 Å². The molecule has 0 unspecified atom stereocenters. The molecule has 3 heterocycles. The van der Waals surface area contributed by atoms with Crippen molar-refractivity contribution in [3.63, 3.8) is 0 Å². The molecule has 0 atom stereocenters. The molecule has 14 heteroatoms. The lowest BCUT2D eigenvalue weighted by molar-refractivity contribution is 0.0947. The van der Waals surface area contributed by atoms with Crippen LogP contribution >= 0.6 is 0 Å². The number of carbonyl (C=O) groups excluding carboxylic acids is 3. The van der Waals surface area contributed by atoms with Crippen molar-refractivity contribution in [2.24, 2.45) is 10.9 Å². The third-order valence-electron chi connectivity index (χ3n) is 5.16. The second-order valence-electron chi connectivity index (χ2n) is 7.51. The Labute approximate surface area is 193 Å². The number of aromatic nitrogens is 4. The van der Waals surface area contributed by atoms with E-state index >= 15 is 0 Å². The number of oxime groups is 1. The zero-order valence-corrected chi connectivity index (χ0v) is 18.8. The van der Waals surface area contributed by atoms with Crippen LogP contribution in [0.25, 0.3) is 0 Å². The standard InChI is InChI=1S/C20H26N10O4/c1-8-11(6-24-14(8)18(31)23-5-4-13(21)30-34)27-19(32)15-9(2)12(7-25-15)28-20(33)17-26-10(3)16(22)29-17/h6-7,24-25,34H,4-5,22H2,1-3H3,(H2,21,30)(H,23,31)(H,26,29)(H,27,32)(H,28,33). The van der Waals surface area contributed by atoms with Crippen molar-refractivity contribution in [3.05, 3.63) is 46.4 Å². The summed E-state index contributed by atoms with van der Waals surface area (Å²) >= 11 is 0. The first-order valence-corrected chi connectivity index (χ1v) is 10.2. The van der Waals surface area contributed by atoms with Crippen LogP contribution in [-0.2, 0) is 0 Å². The monoisotopic (exact) mass is 470 g/mol. The zero-order valence-electron chi connectivity index (χ0n) is 18.8. The van der Waals surface area contributed by atoms with E-state index in [0.717, 1.165) is 0 Å². The Morgan fingerprint density at radius 2 is 1.56 bits per heavy atom. The minimum Gasteiger partial charge on any atom is -0.409 e. The Morgan fingerprint density at radius 1 is 1.00 bits per heavy atom. The molecule has 3 aromatic rings. The minimum atomic E-state index is -0.502. The normalized spacial score (nSPS) is 11.3. The maximum absolute atomic E-state index is 12.8. The molecule has 3 amide bonds. The highest BCUT2D eigenvalue weighted by Gasteiger charge is 2.21. The number of carbonyl (C=O) groups is 3. The van der Waals surface area contributed by atoms with Gasteiger partial charge in [-0.3, -0.25) is 14.4 Å². The highest BCUT2D eigenvalue weighted by molar-refractivity contribution is 6.08. The summed E-state index contributed by atoms with van der Waals surface area (Å²) in [6.07, 6.45) is 3.17. The number of nitrogens with zero attached hydrogens (tertiary/aromatic N) is 2. The van der Waals surface area contributed by atoms with E-state index in [9.17, 15) is 14.4 Å². The number of nitrogens with one attached hydrogen (secondary N) is 6. The predicted octanol–water partition coefficient (Wildman–Crippen LogP) is 0.944. The molecule has 0 aliphatic heterocycles. The first-order chi connectivity index (χ1) is 16.1. The molecule has 180 valence electrons. The lowest BCUT2D eigenvalue weighted by Crippen LogP contribution is -2.28. The summed E-state index contributed by atoms with van der Waals surface area (Å²) in [5, 5.41) is 19.4. The van der Waals surface area contributed by atoms with Gasteiger partial charge in [0.1, 0.15) is 23.0 Å². The number of aromatic amines is 3. The lowest BCUT2D eigenvalue weighted by Gasteiger charge is -2.07. The molecule has 0 aromatic carbocycles. The summed E-state index contributed by atoms with van der Waals surface area (Å²) in [5.41, 5.74) is 14.0. The molecule has 0 saturated carbocycles. The number of nitrogens with two attached hydrogens (primary N) is 2. The Hall–Kier alpha value is -4.75. The van der Waals surface area contributed by atoms with Gasteiger partial charge in [0.2, 0.25) is 0 Å². The number of hydrogen-bond donors (Lipinski definition) is 9. The molecule has 0 bridgehead atoms. The van der Waals surface area contributed by atoms with E-state index in [4.69, 9.17) is 16.7 Å². The summed E-state index contributed by atoms with van der Waals surface area (Å²) in [5.74, 6) is -1.08. The highest BCUT2D eigenvalue weighted by atomic mass is 16.4. The first kappa shape index (κ1) is 23.9. The van der Waals surface area contributed by atoms with Crippen LogP contribution < -0.4 is 27.4 Å². The van der Waals surface area contributed by atoms with E-state index in [2.05, 4.69) is 41.0 Å². The number of nitrogen functional groups attached to an aromatic ring is 1. The molecule has 11 N–H and O–H groups in total.